The van der Waals surface area contributed by atoms with Crippen molar-refractivity contribution in [2.45, 2.75) is 97.2 Å². The highest BCUT2D eigenvalue weighted by Gasteiger charge is 2.27. The number of benzene rings is 6. The lowest BCUT2D eigenvalue weighted by Gasteiger charge is -2.22. The van der Waals surface area contributed by atoms with Gasteiger partial charge in [-0.15, -0.1) is 0 Å². The van der Waals surface area contributed by atoms with Crippen molar-refractivity contribution in [3.63, 3.8) is 0 Å². The summed E-state index contributed by atoms with van der Waals surface area (Å²) in [5, 5.41) is 3.45. The molecule has 2 aromatic heterocycles. The van der Waals surface area contributed by atoms with Crippen molar-refractivity contribution in [2.24, 2.45) is 0 Å². The molecule has 1 unspecified atom stereocenters. The highest BCUT2D eigenvalue weighted by molar-refractivity contribution is 7.32. The Labute approximate surface area is 395 Å². The van der Waals surface area contributed by atoms with Gasteiger partial charge in [-0.1, -0.05) is 101 Å². The number of ether oxygens (including phenoxy) is 4. The summed E-state index contributed by atoms with van der Waals surface area (Å²) in [7, 11) is 2.66. The number of methoxy groups -OCH3 is 4. The van der Waals surface area contributed by atoms with Crippen molar-refractivity contribution in [3.8, 4) is 23.0 Å². The predicted octanol–water partition coefficient (Wildman–Crippen LogP) is 16.4. The Morgan fingerprint density at radius 3 is 1.18 bits per heavy atom. The van der Waals surface area contributed by atoms with Crippen LogP contribution in [0.25, 0.3) is 43.9 Å². The number of aryl methyl sites for hydroxylation is 3. The standard InChI is InChI=1S/C55H62O10P2/c1-8-11-20-39-29-43(57-5)33-47-46-32-42(56-4)27-28-50(46)60-66(63-53(39)47)61-51(37-23-16-14-17-24-37)36-52(38-25-18-15-19-26-38)62-67-64-54-40(21-12-9-2)30-44(58-6)34-48(54)49-35-45(59-7)31-41(22-13-10-3)55(49)65-67/h14-19,23-35,51-52H,8-13,20-22,36H2,1-7H3/t51-,52-,66?/m0/s1. The largest absolute Gasteiger partial charge is 0.497 e. The van der Waals surface area contributed by atoms with Gasteiger partial charge >= 0.3 is 16.5 Å². The third-order valence-electron chi connectivity index (χ3n) is 12.2. The number of hydrogen-bond donors (Lipinski definition) is 0. The lowest BCUT2D eigenvalue weighted by Crippen LogP contribution is -2.15. The maximum atomic E-state index is 7.27. The molecular weight excluding hydrogens is 883 g/mol. The van der Waals surface area contributed by atoms with E-state index in [1.807, 2.05) is 72.8 Å². The Kier molecular flexibility index (Phi) is 16.3. The van der Waals surface area contributed by atoms with Crippen LogP contribution in [-0.2, 0) is 19.3 Å². The Hall–Kier alpha value is -5.76. The molecular formula is C55H62O10P2. The fraction of sp³-hybridized carbons (Fsp3) is 0.345. The Morgan fingerprint density at radius 2 is 0.791 bits per heavy atom. The minimum absolute atomic E-state index is 0.370. The van der Waals surface area contributed by atoms with Crippen LogP contribution in [0.5, 0.6) is 23.0 Å². The quantitative estimate of drug-likeness (QED) is 0.0691. The lowest BCUT2D eigenvalue weighted by atomic mass is 9.99. The minimum atomic E-state index is -2.06. The number of rotatable bonds is 21. The molecule has 67 heavy (non-hydrogen) atoms. The molecule has 0 fully saturated rings. The molecule has 0 radical (unpaired) electrons. The summed E-state index contributed by atoms with van der Waals surface area (Å²) < 4.78 is 65.7. The van der Waals surface area contributed by atoms with E-state index < -0.39 is 28.7 Å². The van der Waals surface area contributed by atoms with Crippen LogP contribution in [-0.4, -0.2) is 28.4 Å². The second-order valence-corrected chi connectivity index (χ2v) is 18.8. The summed E-state index contributed by atoms with van der Waals surface area (Å²) in [4.78, 5) is 0. The Balaban J connectivity index is 1.32. The van der Waals surface area contributed by atoms with Crippen LogP contribution in [0, 0.1) is 0 Å². The van der Waals surface area contributed by atoms with Gasteiger partial charge < -0.3 is 35.7 Å². The van der Waals surface area contributed by atoms with E-state index in [1.54, 1.807) is 28.4 Å². The van der Waals surface area contributed by atoms with Crippen molar-refractivity contribution >= 4 is 60.4 Å². The zero-order valence-corrected chi connectivity index (χ0v) is 41.5. The first-order valence-corrected chi connectivity index (χ1v) is 25.6. The maximum Gasteiger partial charge on any atom is 0.388 e. The normalized spacial score (nSPS) is 12.7. The maximum absolute atomic E-state index is 7.27. The van der Waals surface area contributed by atoms with E-state index >= 15 is 0 Å². The van der Waals surface area contributed by atoms with Gasteiger partial charge in [0, 0.05) is 28.0 Å². The Morgan fingerprint density at radius 1 is 0.418 bits per heavy atom. The summed E-state index contributed by atoms with van der Waals surface area (Å²) in [5.41, 5.74) is 7.75. The van der Waals surface area contributed by atoms with Crippen LogP contribution in [0.1, 0.15) is 106 Å². The van der Waals surface area contributed by atoms with E-state index in [2.05, 4.69) is 63.2 Å². The van der Waals surface area contributed by atoms with E-state index in [0.717, 1.165) is 136 Å². The van der Waals surface area contributed by atoms with Crippen molar-refractivity contribution < 1.29 is 44.8 Å². The first-order valence-electron chi connectivity index (χ1n) is 23.4. The molecule has 3 atom stereocenters. The van der Waals surface area contributed by atoms with Crippen molar-refractivity contribution in [3.05, 3.63) is 143 Å². The van der Waals surface area contributed by atoms with Crippen molar-refractivity contribution in [1.29, 1.82) is 0 Å². The third-order valence-corrected chi connectivity index (χ3v) is 14.4. The number of fused-ring (bicyclic) bond motifs is 6. The van der Waals surface area contributed by atoms with E-state index in [-0.39, 0.29) is 0 Å². The summed E-state index contributed by atoms with van der Waals surface area (Å²) in [6.45, 7) is 6.57. The van der Waals surface area contributed by atoms with Gasteiger partial charge in [0.05, 0.1) is 28.4 Å². The van der Waals surface area contributed by atoms with Crippen molar-refractivity contribution in [1.82, 2.24) is 0 Å². The smallest absolute Gasteiger partial charge is 0.388 e. The summed E-state index contributed by atoms with van der Waals surface area (Å²) in [6.07, 6.45) is 7.60. The fourth-order valence-corrected chi connectivity index (χ4v) is 11.0. The van der Waals surface area contributed by atoms with Gasteiger partial charge in [-0.25, -0.2) is 0 Å². The molecule has 0 amide bonds. The van der Waals surface area contributed by atoms with E-state index in [1.165, 1.54) is 0 Å². The van der Waals surface area contributed by atoms with Gasteiger partial charge in [0.2, 0.25) is 0 Å². The Bertz CT molecular complexity index is 2910. The molecule has 352 valence electrons. The molecule has 6 aromatic carbocycles. The first kappa shape index (κ1) is 47.7. The monoisotopic (exact) mass is 944 g/mol. The van der Waals surface area contributed by atoms with Gasteiger partial charge in [0.15, 0.2) is 0 Å². The zero-order valence-electron chi connectivity index (χ0n) is 39.7. The van der Waals surface area contributed by atoms with Crippen LogP contribution in [0.15, 0.2) is 132 Å². The molecule has 0 aliphatic rings. The SMILES string of the molecule is CCCCc1cc(OC)cc2c1op(O[C@@H](C[C@H](Op1oc3c(CCCC)cc(OC)cc3c3cc(OC)cc(CCCC)c3o1)c1ccccc1)c1ccccc1)oc1ccc(OC)cc12. The second-order valence-electron chi connectivity index (χ2n) is 16.7. The molecule has 0 aliphatic carbocycles. The first-order chi connectivity index (χ1) is 32.9. The third kappa shape index (κ3) is 11.2. The molecule has 8 rings (SSSR count). The van der Waals surface area contributed by atoms with E-state index in [9.17, 15) is 0 Å². The molecule has 0 bridgehead atoms. The van der Waals surface area contributed by atoms with Gasteiger partial charge in [-0.2, -0.15) is 0 Å². The summed E-state index contributed by atoms with van der Waals surface area (Å²) >= 11 is 0. The van der Waals surface area contributed by atoms with E-state index in [0.29, 0.717) is 23.3 Å². The molecule has 0 spiro atoms. The zero-order chi connectivity index (χ0) is 46.7. The molecule has 0 N–H and O–H groups in total. The number of unbranched alkanes of at least 4 members (excludes halogenated alkanes) is 3. The topological polar surface area (TPSA) is 108 Å². The summed E-state index contributed by atoms with van der Waals surface area (Å²) in [5.74, 6) is 2.94. The fourth-order valence-electron chi connectivity index (χ4n) is 8.49. The van der Waals surface area contributed by atoms with Crippen LogP contribution in [0.2, 0.25) is 0 Å². The highest BCUT2D eigenvalue weighted by Crippen LogP contribution is 2.46. The average Bonchev–Trinajstić information content (AvgIpc) is 3.63. The van der Waals surface area contributed by atoms with Gasteiger partial charge in [-0.05, 0) is 121 Å². The predicted molar refractivity (Wildman–Crippen MR) is 271 cm³/mol. The van der Waals surface area contributed by atoms with E-state index in [4.69, 9.17) is 44.8 Å². The van der Waals surface area contributed by atoms with Gasteiger partial charge in [-0.3, -0.25) is 9.05 Å². The van der Waals surface area contributed by atoms with Crippen LogP contribution in [0.4, 0.5) is 0 Å². The second kappa shape index (κ2) is 22.8. The molecule has 0 aliphatic heterocycles. The van der Waals surface area contributed by atoms with Crippen LogP contribution >= 0.6 is 16.5 Å². The lowest BCUT2D eigenvalue weighted by molar-refractivity contribution is 0.163. The summed E-state index contributed by atoms with van der Waals surface area (Å²) in [6, 6.07) is 38.5. The molecule has 8 aromatic rings. The van der Waals surface area contributed by atoms with Crippen LogP contribution < -0.4 is 28.0 Å². The highest BCUT2D eigenvalue weighted by atomic mass is 31.1. The van der Waals surface area contributed by atoms with Gasteiger partial charge in [0.25, 0.3) is 0 Å². The molecule has 2 heterocycles. The average molecular weight is 945 g/mol. The van der Waals surface area contributed by atoms with Gasteiger partial charge in [0.1, 0.15) is 57.5 Å². The number of hydrogen-bond acceptors (Lipinski definition) is 10. The molecule has 0 saturated heterocycles. The van der Waals surface area contributed by atoms with Crippen LogP contribution in [0.3, 0.4) is 0 Å². The molecule has 10 nitrogen and oxygen atoms in total. The molecule has 0 saturated carbocycles. The molecule has 12 heteroatoms. The van der Waals surface area contributed by atoms with Crippen molar-refractivity contribution in [2.75, 3.05) is 28.4 Å². The minimum Gasteiger partial charge on any atom is -0.497 e.